The van der Waals surface area contributed by atoms with Gasteiger partial charge in [-0.15, -0.1) is 0 Å². The minimum Gasteiger partial charge on any atom is -0.497 e. The number of ketones is 1. The highest BCUT2D eigenvalue weighted by Gasteiger charge is 2.21. The Balaban J connectivity index is 1.91. The van der Waals surface area contributed by atoms with Crippen LogP contribution in [0.25, 0.3) is 10.9 Å². The number of carbonyl (C=O) groups is 2. The third-order valence-electron chi connectivity index (χ3n) is 4.19. The number of Topliss-reactive ketones (excluding diaryl/α,β-unsaturated/α-hetero) is 1. The standard InChI is InChI=1S/C19H18N2O3/c1-11-5-4-6-16(12(11)2)21-19(23)18(22)15-10-20-17-8-7-13(24-3)9-14(15)17/h4-10,20H,1-3H3,(H,21,23). The fourth-order valence-electron chi connectivity index (χ4n) is 2.60. The Morgan fingerprint density at radius 3 is 2.67 bits per heavy atom. The number of H-pyrrole nitrogens is 1. The number of rotatable bonds is 4. The Labute approximate surface area is 139 Å². The summed E-state index contributed by atoms with van der Waals surface area (Å²) in [6, 6.07) is 10.9. The summed E-state index contributed by atoms with van der Waals surface area (Å²) >= 11 is 0. The van der Waals surface area contributed by atoms with Crippen LogP contribution in [0.4, 0.5) is 5.69 Å². The molecule has 3 aromatic rings. The summed E-state index contributed by atoms with van der Waals surface area (Å²) in [6.07, 6.45) is 1.55. The van der Waals surface area contributed by atoms with Crippen LogP contribution in [-0.2, 0) is 4.79 Å². The van der Waals surface area contributed by atoms with E-state index in [1.807, 2.05) is 32.0 Å². The second kappa shape index (κ2) is 6.20. The van der Waals surface area contributed by atoms with E-state index >= 15 is 0 Å². The lowest BCUT2D eigenvalue weighted by Gasteiger charge is -2.09. The lowest BCUT2D eigenvalue weighted by Crippen LogP contribution is -2.23. The molecule has 5 heteroatoms. The van der Waals surface area contributed by atoms with Crippen LogP contribution >= 0.6 is 0 Å². The van der Waals surface area contributed by atoms with Gasteiger partial charge in [0.2, 0.25) is 0 Å². The highest BCUT2D eigenvalue weighted by molar-refractivity contribution is 6.48. The van der Waals surface area contributed by atoms with Gasteiger partial charge < -0.3 is 15.0 Å². The molecule has 122 valence electrons. The first-order valence-electron chi connectivity index (χ1n) is 7.58. The Kier molecular flexibility index (Phi) is 4.08. The van der Waals surface area contributed by atoms with Gasteiger partial charge in [-0.05, 0) is 49.2 Å². The number of aromatic amines is 1. The molecule has 0 bridgehead atoms. The van der Waals surface area contributed by atoms with Crippen molar-refractivity contribution in [2.75, 3.05) is 12.4 Å². The maximum Gasteiger partial charge on any atom is 0.296 e. The van der Waals surface area contributed by atoms with Crippen molar-refractivity contribution in [3.63, 3.8) is 0 Å². The number of fused-ring (bicyclic) bond motifs is 1. The van der Waals surface area contributed by atoms with Crippen LogP contribution in [0.15, 0.2) is 42.6 Å². The first kappa shape index (κ1) is 15.8. The monoisotopic (exact) mass is 322 g/mol. The van der Waals surface area contributed by atoms with E-state index in [1.54, 1.807) is 31.5 Å². The number of anilines is 1. The van der Waals surface area contributed by atoms with Gasteiger partial charge in [-0.2, -0.15) is 0 Å². The van der Waals surface area contributed by atoms with E-state index < -0.39 is 11.7 Å². The molecule has 0 aliphatic carbocycles. The topological polar surface area (TPSA) is 71.2 Å². The third kappa shape index (κ3) is 2.76. The van der Waals surface area contributed by atoms with Crippen LogP contribution < -0.4 is 10.1 Å². The van der Waals surface area contributed by atoms with Gasteiger partial charge >= 0.3 is 0 Å². The number of aromatic nitrogens is 1. The number of aryl methyl sites for hydroxylation is 1. The minimum atomic E-state index is -0.660. The van der Waals surface area contributed by atoms with Crippen LogP contribution in [0.1, 0.15) is 21.5 Å². The zero-order valence-corrected chi connectivity index (χ0v) is 13.8. The molecule has 5 nitrogen and oxygen atoms in total. The summed E-state index contributed by atoms with van der Waals surface area (Å²) in [7, 11) is 1.56. The third-order valence-corrected chi connectivity index (χ3v) is 4.19. The van der Waals surface area contributed by atoms with Gasteiger partial charge in [0.1, 0.15) is 5.75 Å². The van der Waals surface area contributed by atoms with E-state index in [0.717, 1.165) is 16.6 Å². The van der Waals surface area contributed by atoms with E-state index in [4.69, 9.17) is 4.74 Å². The van der Waals surface area contributed by atoms with Gasteiger partial charge in [0.25, 0.3) is 11.7 Å². The summed E-state index contributed by atoms with van der Waals surface area (Å²) in [5.74, 6) is -0.617. The quantitative estimate of drug-likeness (QED) is 0.569. The van der Waals surface area contributed by atoms with Crippen molar-refractivity contribution in [1.82, 2.24) is 4.98 Å². The summed E-state index contributed by atoms with van der Waals surface area (Å²) in [4.78, 5) is 27.9. The molecular formula is C19H18N2O3. The van der Waals surface area contributed by atoms with Crippen molar-refractivity contribution in [3.05, 3.63) is 59.3 Å². The number of carbonyl (C=O) groups excluding carboxylic acids is 2. The molecule has 3 rings (SSSR count). The largest absolute Gasteiger partial charge is 0.497 e. The van der Waals surface area contributed by atoms with Crippen molar-refractivity contribution in [2.45, 2.75) is 13.8 Å². The number of hydrogen-bond donors (Lipinski definition) is 2. The molecule has 0 spiro atoms. The molecule has 0 unspecified atom stereocenters. The molecule has 0 atom stereocenters. The van der Waals surface area contributed by atoms with Crippen LogP contribution in [-0.4, -0.2) is 23.8 Å². The Bertz CT molecular complexity index is 941. The van der Waals surface area contributed by atoms with E-state index in [9.17, 15) is 9.59 Å². The zero-order chi connectivity index (χ0) is 17.3. The predicted octanol–water partition coefficient (Wildman–Crippen LogP) is 3.61. The number of hydrogen-bond acceptors (Lipinski definition) is 3. The number of benzene rings is 2. The highest BCUT2D eigenvalue weighted by Crippen LogP contribution is 2.24. The van der Waals surface area contributed by atoms with Crippen LogP contribution in [0.3, 0.4) is 0 Å². The molecule has 0 saturated carbocycles. The summed E-state index contributed by atoms with van der Waals surface area (Å²) in [5, 5.41) is 3.36. The molecule has 0 radical (unpaired) electrons. The average Bonchev–Trinajstić information content (AvgIpc) is 3.01. The molecular weight excluding hydrogens is 304 g/mol. The number of methoxy groups -OCH3 is 1. The van der Waals surface area contributed by atoms with E-state index in [1.165, 1.54) is 0 Å². The SMILES string of the molecule is COc1ccc2[nH]cc(C(=O)C(=O)Nc3cccc(C)c3C)c2c1. The maximum absolute atomic E-state index is 12.5. The van der Waals surface area contributed by atoms with Crippen LogP contribution in [0.5, 0.6) is 5.75 Å². The fourth-order valence-corrected chi connectivity index (χ4v) is 2.60. The fraction of sp³-hybridized carbons (Fsp3) is 0.158. The Morgan fingerprint density at radius 1 is 1.12 bits per heavy atom. The molecule has 0 aliphatic heterocycles. The van der Waals surface area contributed by atoms with Crippen molar-refractivity contribution < 1.29 is 14.3 Å². The second-order valence-electron chi connectivity index (χ2n) is 5.64. The molecule has 1 aromatic heterocycles. The minimum absolute atomic E-state index is 0.326. The van der Waals surface area contributed by atoms with Gasteiger partial charge in [0.15, 0.2) is 0 Å². The van der Waals surface area contributed by atoms with E-state index in [-0.39, 0.29) is 0 Å². The summed E-state index contributed by atoms with van der Waals surface area (Å²) in [5.41, 5.74) is 3.74. The Morgan fingerprint density at radius 2 is 1.92 bits per heavy atom. The van der Waals surface area contributed by atoms with Crippen molar-refractivity contribution in [2.24, 2.45) is 0 Å². The van der Waals surface area contributed by atoms with Crippen LogP contribution in [0, 0.1) is 13.8 Å². The van der Waals surface area contributed by atoms with Gasteiger partial charge in [0, 0.05) is 22.8 Å². The zero-order valence-electron chi connectivity index (χ0n) is 13.8. The smallest absolute Gasteiger partial charge is 0.296 e. The van der Waals surface area contributed by atoms with Gasteiger partial charge in [-0.3, -0.25) is 9.59 Å². The average molecular weight is 322 g/mol. The van der Waals surface area contributed by atoms with Crippen LogP contribution in [0.2, 0.25) is 0 Å². The highest BCUT2D eigenvalue weighted by atomic mass is 16.5. The molecule has 1 heterocycles. The molecule has 24 heavy (non-hydrogen) atoms. The van der Waals surface area contributed by atoms with E-state index in [2.05, 4.69) is 10.3 Å². The van der Waals surface area contributed by atoms with Gasteiger partial charge in [-0.1, -0.05) is 12.1 Å². The first-order valence-corrected chi connectivity index (χ1v) is 7.58. The maximum atomic E-state index is 12.5. The molecule has 2 aromatic carbocycles. The lowest BCUT2D eigenvalue weighted by molar-refractivity contribution is -0.112. The number of ether oxygens (including phenoxy) is 1. The van der Waals surface area contributed by atoms with Crippen molar-refractivity contribution in [1.29, 1.82) is 0 Å². The molecule has 0 aliphatic rings. The first-order chi connectivity index (χ1) is 11.5. The number of nitrogens with one attached hydrogen (secondary N) is 2. The molecule has 0 saturated heterocycles. The Hall–Kier alpha value is -3.08. The van der Waals surface area contributed by atoms with E-state index in [0.29, 0.717) is 22.4 Å². The molecule has 0 fully saturated rings. The number of amides is 1. The molecule has 2 N–H and O–H groups in total. The lowest BCUT2D eigenvalue weighted by atomic mass is 10.1. The van der Waals surface area contributed by atoms with Gasteiger partial charge in [-0.25, -0.2) is 0 Å². The van der Waals surface area contributed by atoms with Crippen molar-refractivity contribution >= 4 is 28.3 Å². The van der Waals surface area contributed by atoms with Crippen molar-refractivity contribution in [3.8, 4) is 5.75 Å². The van der Waals surface area contributed by atoms with Gasteiger partial charge in [0.05, 0.1) is 12.7 Å². The predicted molar refractivity (Wildman–Crippen MR) is 93.7 cm³/mol. The molecule has 1 amide bonds. The normalized spacial score (nSPS) is 10.6. The summed E-state index contributed by atoms with van der Waals surface area (Å²) < 4.78 is 5.19. The second-order valence-corrected chi connectivity index (χ2v) is 5.64. The summed E-state index contributed by atoms with van der Waals surface area (Å²) in [6.45, 7) is 3.87.